The summed E-state index contributed by atoms with van der Waals surface area (Å²) in [4.78, 5) is 3.25. The van der Waals surface area contributed by atoms with Crippen LogP contribution in [0, 0.1) is 0 Å². The summed E-state index contributed by atoms with van der Waals surface area (Å²) < 4.78 is 1.14. The van der Waals surface area contributed by atoms with Crippen molar-refractivity contribution in [1.29, 1.82) is 0 Å². The van der Waals surface area contributed by atoms with E-state index in [0.29, 0.717) is 0 Å². The average molecular weight is 279 g/mol. The van der Waals surface area contributed by atoms with E-state index >= 15 is 0 Å². The summed E-state index contributed by atoms with van der Waals surface area (Å²) in [5.74, 6) is 0. The summed E-state index contributed by atoms with van der Waals surface area (Å²) in [6.07, 6.45) is 4.49. The molecule has 0 amide bonds. The Bertz CT molecular complexity index is 524. The van der Waals surface area contributed by atoms with Crippen molar-refractivity contribution in [2.45, 2.75) is 25.3 Å². The fourth-order valence-corrected chi connectivity index (χ4v) is 3.01. The van der Waals surface area contributed by atoms with Gasteiger partial charge in [-0.05, 0) is 59.9 Å². The Balaban J connectivity index is 2.13. The molecule has 1 aromatic heterocycles. The van der Waals surface area contributed by atoms with Crippen LogP contribution in [0.3, 0.4) is 0 Å². The molecule has 1 saturated heterocycles. The molecule has 0 spiro atoms. The van der Waals surface area contributed by atoms with Crippen LogP contribution in [-0.4, -0.2) is 11.5 Å². The largest absolute Gasteiger partial charge is 0.360 e. The second-order valence-electron chi connectivity index (χ2n) is 4.76. The molecule has 1 aliphatic heterocycles. The molecule has 0 saturated carbocycles. The lowest BCUT2D eigenvalue weighted by atomic mass is 9.90. The molecule has 0 radical (unpaired) electrons. The van der Waals surface area contributed by atoms with Crippen LogP contribution in [0.15, 0.2) is 28.9 Å². The van der Waals surface area contributed by atoms with Crippen LogP contribution in [-0.2, 0) is 5.54 Å². The Morgan fingerprint density at radius 3 is 3.00 bits per heavy atom. The molecule has 3 rings (SSSR count). The Morgan fingerprint density at radius 1 is 1.38 bits per heavy atom. The molecule has 1 atom stereocenters. The minimum absolute atomic E-state index is 0.158. The fourth-order valence-electron chi connectivity index (χ4n) is 2.57. The van der Waals surface area contributed by atoms with E-state index in [-0.39, 0.29) is 5.54 Å². The lowest BCUT2D eigenvalue weighted by Gasteiger charge is -2.25. The van der Waals surface area contributed by atoms with Crippen molar-refractivity contribution >= 4 is 26.8 Å². The third-order valence-corrected chi connectivity index (χ3v) is 4.29. The van der Waals surface area contributed by atoms with E-state index in [1.54, 1.807) is 0 Å². The predicted molar refractivity (Wildman–Crippen MR) is 70.6 cm³/mol. The molecule has 3 heteroatoms. The molecule has 0 bridgehead atoms. The maximum absolute atomic E-state index is 3.60. The number of halogens is 1. The van der Waals surface area contributed by atoms with Crippen LogP contribution >= 0.6 is 15.9 Å². The number of benzene rings is 1. The van der Waals surface area contributed by atoms with Crippen molar-refractivity contribution in [3.8, 4) is 0 Å². The molecular weight excluding hydrogens is 264 g/mol. The summed E-state index contributed by atoms with van der Waals surface area (Å²) in [5, 5.41) is 4.87. The molecule has 2 N–H and O–H groups in total. The first-order chi connectivity index (χ1) is 7.69. The summed E-state index contributed by atoms with van der Waals surface area (Å²) in [5.41, 5.74) is 2.74. The minimum Gasteiger partial charge on any atom is -0.360 e. The molecule has 16 heavy (non-hydrogen) atoms. The Labute approximate surface area is 104 Å². The van der Waals surface area contributed by atoms with Crippen molar-refractivity contribution in [1.82, 2.24) is 10.3 Å². The van der Waals surface area contributed by atoms with Gasteiger partial charge in [0.15, 0.2) is 0 Å². The van der Waals surface area contributed by atoms with E-state index in [0.717, 1.165) is 11.0 Å². The lowest BCUT2D eigenvalue weighted by molar-refractivity contribution is 0.435. The number of H-pyrrole nitrogens is 1. The smallest absolute Gasteiger partial charge is 0.0465 e. The molecule has 84 valence electrons. The number of aromatic nitrogens is 1. The molecule has 1 fully saturated rings. The molecule has 1 unspecified atom stereocenters. The normalized spacial score (nSPS) is 25.4. The zero-order valence-corrected chi connectivity index (χ0v) is 10.9. The number of rotatable bonds is 1. The third kappa shape index (κ3) is 1.50. The lowest BCUT2D eigenvalue weighted by Crippen LogP contribution is -2.32. The van der Waals surface area contributed by atoms with Crippen molar-refractivity contribution in [2.75, 3.05) is 6.54 Å². The number of aromatic amines is 1. The molecule has 2 heterocycles. The van der Waals surface area contributed by atoms with Crippen LogP contribution in [0.1, 0.15) is 25.3 Å². The van der Waals surface area contributed by atoms with Gasteiger partial charge in [-0.2, -0.15) is 0 Å². The number of hydrogen-bond acceptors (Lipinski definition) is 1. The van der Waals surface area contributed by atoms with E-state index in [4.69, 9.17) is 0 Å². The topological polar surface area (TPSA) is 27.8 Å². The number of fused-ring (bicyclic) bond motifs is 1. The Hall–Kier alpha value is -0.800. The highest BCUT2D eigenvalue weighted by atomic mass is 79.9. The van der Waals surface area contributed by atoms with Crippen LogP contribution in [0.5, 0.6) is 0 Å². The first-order valence-corrected chi connectivity index (χ1v) is 6.50. The van der Waals surface area contributed by atoms with Crippen molar-refractivity contribution in [3.05, 3.63) is 34.4 Å². The fraction of sp³-hybridized carbons (Fsp3) is 0.385. The highest BCUT2D eigenvalue weighted by molar-refractivity contribution is 9.10. The van der Waals surface area contributed by atoms with Gasteiger partial charge in [0.2, 0.25) is 0 Å². The summed E-state index contributed by atoms with van der Waals surface area (Å²) in [7, 11) is 0. The first-order valence-electron chi connectivity index (χ1n) is 5.71. The van der Waals surface area contributed by atoms with Gasteiger partial charge in [-0.3, -0.25) is 0 Å². The average Bonchev–Trinajstić information content (AvgIpc) is 2.87. The predicted octanol–water partition coefficient (Wildman–Crippen LogP) is 3.53. The summed E-state index contributed by atoms with van der Waals surface area (Å²) >= 11 is 3.58. The van der Waals surface area contributed by atoms with Crippen LogP contribution in [0.25, 0.3) is 10.9 Å². The minimum atomic E-state index is 0.158. The monoisotopic (exact) mass is 278 g/mol. The molecule has 1 aliphatic rings. The van der Waals surface area contributed by atoms with E-state index < -0.39 is 0 Å². The van der Waals surface area contributed by atoms with E-state index in [9.17, 15) is 0 Å². The standard InChI is InChI=1S/C13H15BrN2/c1-13(5-2-6-16-13)9-3-4-12-10(7-9)11(14)8-15-12/h3-4,7-8,15-16H,2,5-6H2,1H3. The summed E-state index contributed by atoms with van der Waals surface area (Å²) in [6.45, 7) is 3.42. The first kappa shape index (κ1) is 10.4. The van der Waals surface area contributed by atoms with Gasteiger partial charge >= 0.3 is 0 Å². The van der Waals surface area contributed by atoms with Crippen molar-refractivity contribution in [3.63, 3.8) is 0 Å². The van der Waals surface area contributed by atoms with Gasteiger partial charge in [0.1, 0.15) is 0 Å². The quantitative estimate of drug-likeness (QED) is 0.821. The van der Waals surface area contributed by atoms with Gasteiger partial charge in [0.25, 0.3) is 0 Å². The van der Waals surface area contributed by atoms with E-state index in [1.165, 1.54) is 29.3 Å². The maximum atomic E-state index is 3.60. The number of hydrogen-bond donors (Lipinski definition) is 2. The van der Waals surface area contributed by atoms with Gasteiger partial charge < -0.3 is 10.3 Å². The molecule has 2 aromatic rings. The molecule has 0 aliphatic carbocycles. The SMILES string of the molecule is CC1(c2ccc3[nH]cc(Br)c3c2)CCCN1. The maximum Gasteiger partial charge on any atom is 0.0465 e. The van der Waals surface area contributed by atoms with Crippen LogP contribution in [0.2, 0.25) is 0 Å². The summed E-state index contributed by atoms with van der Waals surface area (Å²) in [6, 6.07) is 6.68. The highest BCUT2D eigenvalue weighted by Gasteiger charge is 2.29. The van der Waals surface area contributed by atoms with Crippen molar-refractivity contribution in [2.24, 2.45) is 0 Å². The van der Waals surface area contributed by atoms with Crippen LogP contribution in [0.4, 0.5) is 0 Å². The van der Waals surface area contributed by atoms with E-state index in [2.05, 4.69) is 51.4 Å². The second-order valence-corrected chi connectivity index (χ2v) is 5.61. The highest BCUT2D eigenvalue weighted by Crippen LogP contribution is 2.33. The van der Waals surface area contributed by atoms with Gasteiger partial charge in [0, 0.05) is 27.1 Å². The van der Waals surface area contributed by atoms with Gasteiger partial charge in [-0.15, -0.1) is 0 Å². The zero-order valence-electron chi connectivity index (χ0n) is 9.31. The molecule has 2 nitrogen and oxygen atoms in total. The Kier molecular flexibility index (Phi) is 2.33. The zero-order chi connectivity index (χ0) is 11.2. The Morgan fingerprint density at radius 2 is 2.25 bits per heavy atom. The van der Waals surface area contributed by atoms with Crippen LogP contribution < -0.4 is 5.32 Å². The third-order valence-electron chi connectivity index (χ3n) is 3.64. The van der Waals surface area contributed by atoms with Crippen molar-refractivity contribution < 1.29 is 0 Å². The van der Waals surface area contributed by atoms with Gasteiger partial charge in [-0.1, -0.05) is 6.07 Å². The number of nitrogens with one attached hydrogen (secondary N) is 2. The van der Waals surface area contributed by atoms with E-state index in [1.807, 2.05) is 6.20 Å². The molecule has 1 aromatic carbocycles. The van der Waals surface area contributed by atoms with Gasteiger partial charge in [0.05, 0.1) is 0 Å². The van der Waals surface area contributed by atoms with Gasteiger partial charge in [-0.25, -0.2) is 0 Å². The second kappa shape index (κ2) is 3.60. The molecular formula is C13H15BrN2.